The molecule has 0 amide bonds. The SMILES string of the molecule is CNC(C)Cc1ccc2nnnn2n1. The molecule has 1 unspecified atom stereocenters. The van der Waals surface area contributed by atoms with E-state index in [1.807, 2.05) is 19.2 Å². The van der Waals surface area contributed by atoms with Crippen molar-refractivity contribution in [2.45, 2.75) is 19.4 Å². The van der Waals surface area contributed by atoms with Crippen molar-refractivity contribution >= 4 is 5.65 Å². The monoisotopic (exact) mass is 192 g/mol. The Morgan fingerprint density at radius 3 is 3.14 bits per heavy atom. The Bertz CT molecular complexity index is 422. The molecule has 2 heterocycles. The van der Waals surface area contributed by atoms with Crippen molar-refractivity contribution in [3.63, 3.8) is 0 Å². The van der Waals surface area contributed by atoms with Gasteiger partial charge in [0.25, 0.3) is 0 Å². The lowest BCUT2D eigenvalue weighted by Gasteiger charge is -2.08. The molecule has 0 aromatic carbocycles. The number of hydrogen-bond acceptors (Lipinski definition) is 5. The summed E-state index contributed by atoms with van der Waals surface area (Å²) in [6.07, 6.45) is 0.867. The van der Waals surface area contributed by atoms with Crippen LogP contribution in [0.3, 0.4) is 0 Å². The van der Waals surface area contributed by atoms with E-state index < -0.39 is 0 Å². The minimum atomic E-state index is 0.399. The fraction of sp³-hybridized carbons (Fsp3) is 0.500. The topological polar surface area (TPSA) is 68.0 Å². The van der Waals surface area contributed by atoms with Gasteiger partial charge in [-0.25, -0.2) is 0 Å². The van der Waals surface area contributed by atoms with Crippen molar-refractivity contribution in [2.24, 2.45) is 0 Å². The van der Waals surface area contributed by atoms with Crippen LogP contribution in [-0.2, 0) is 6.42 Å². The van der Waals surface area contributed by atoms with Gasteiger partial charge >= 0.3 is 0 Å². The standard InChI is InChI=1S/C8H12N6/c1-6(9-2)5-7-3-4-8-10-12-13-14(8)11-7/h3-4,6,9H,5H2,1-2H3. The quantitative estimate of drug-likeness (QED) is 0.721. The summed E-state index contributed by atoms with van der Waals surface area (Å²) in [6.45, 7) is 2.10. The van der Waals surface area contributed by atoms with E-state index >= 15 is 0 Å². The highest BCUT2D eigenvalue weighted by atomic mass is 15.6. The second kappa shape index (κ2) is 3.67. The zero-order valence-electron chi connectivity index (χ0n) is 8.18. The average Bonchev–Trinajstić information content (AvgIpc) is 2.64. The summed E-state index contributed by atoms with van der Waals surface area (Å²) >= 11 is 0. The molecule has 1 atom stereocenters. The molecule has 74 valence electrons. The third-order valence-electron chi connectivity index (χ3n) is 2.13. The third-order valence-corrected chi connectivity index (χ3v) is 2.13. The molecule has 0 aliphatic heterocycles. The van der Waals surface area contributed by atoms with Gasteiger partial charge in [-0.15, -0.1) is 9.73 Å². The van der Waals surface area contributed by atoms with Crippen molar-refractivity contribution in [2.75, 3.05) is 7.05 Å². The Hall–Kier alpha value is -1.56. The Morgan fingerprint density at radius 2 is 2.36 bits per heavy atom. The van der Waals surface area contributed by atoms with E-state index in [0.29, 0.717) is 11.7 Å². The third kappa shape index (κ3) is 1.69. The van der Waals surface area contributed by atoms with Gasteiger partial charge in [-0.3, -0.25) is 0 Å². The van der Waals surface area contributed by atoms with Crippen LogP contribution in [0.4, 0.5) is 0 Å². The molecule has 6 nitrogen and oxygen atoms in total. The first-order valence-corrected chi connectivity index (χ1v) is 4.51. The first-order valence-electron chi connectivity index (χ1n) is 4.51. The van der Waals surface area contributed by atoms with Gasteiger partial charge in [0.05, 0.1) is 5.69 Å². The van der Waals surface area contributed by atoms with Gasteiger partial charge in [-0.05, 0) is 36.5 Å². The zero-order valence-corrected chi connectivity index (χ0v) is 8.18. The maximum absolute atomic E-state index is 4.26. The highest BCUT2D eigenvalue weighted by molar-refractivity contribution is 5.32. The molecule has 1 N–H and O–H groups in total. The lowest BCUT2D eigenvalue weighted by atomic mass is 10.2. The number of tetrazole rings is 1. The Kier molecular flexibility index (Phi) is 2.36. The first-order chi connectivity index (χ1) is 6.79. The normalized spacial score (nSPS) is 13.3. The number of rotatable bonds is 3. The molecule has 0 fully saturated rings. The van der Waals surface area contributed by atoms with Crippen molar-refractivity contribution < 1.29 is 0 Å². The maximum atomic E-state index is 4.26. The lowest BCUT2D eigenvalue weighted by molar-refractivity contribution is 0.587. The van der Waals surface area contributed by atoms with E-state index in [0.717, 1.165) is 12.1 Å². The van der Waals surface area contributed by atoms with Crippen LogP contribution in [0.2, 0.25) is 0 Å². The fourth-order valence-corrected chi connectivity index (χ4v) is 1.21. The molecule has 0 saturated carbocycles. The van der Waals surface area contributed by atoms with E-state index in [1.54, 1.807) is 0 Å². The van der Waals surface area contributed by atoms with E-state index in [1.165, 1.54) is 4.63 Å². The van der Waals surface area contributed by atoms with Crippen LogP contribution < -0.4 is 5.32 Å². The molecule has 6 heteroatoms. The number of fused-ring (bicyclic) bond motifs is 1. The van der Waals surface area contributed by atoms with Crippen molar-refractivity contribution in [3.8, 4) is 0 Å². The predicted octanol–water partition coefficient (Wildman–Crippen LogP) is -0.330. The van der Waals surface area contributed by atoms with E-state index in [9.17, 15) is 0 Å². The highest BCUT2D eigenvalue weighted by Gasteiger charge is 2.04. The van der Waals surface area contributed by atoms with Crippen LogP contribution >= 0.6 is 0 Å². The van der Waals surface area contributed by atoms with Crippen molar-refractivity contribution in [3.05, 3.63) is 17.8 Å². The predicted molar refractivity (Wildman–Crippen MR) is 50.8 cm³/mol. The molecule has 2 aromatic heterocycles. The lowest BCUT2D eigenvalue weighted by Crippen LogP contribution is -2.24. The molecule has 0 saturated heterocycles. The van der Waals surface area contributed by atoms with Gasteiger partial charge in [-0.1, -0.05) is 0 Å². The van der Waals surface area contributed by atoms with Crippen LogP contribution in [0, 0.1) is 0 Å². The fourth-order valence-electron chi connectivity index (χ4n) is 1.21. The number of hydrogen-bond donors (Lipinski definition) is 1. The number of aromatic nitrogens is 5. The molecule has 0 radical (unpaired) electrons. The molecular weight excluding hydrogens is 180 g/mol. The second-order valence-electron chi connectivity index (χ2n) is 3.25. The Balaban J connectivity index is 2.25. The smallest absolute Gasteiger partial charge is 0.199 e. The van der Waals surface area contributed by atoms with Crippen LogP contribution in [0.1, 0.15) is 12.6 Å². The number of nitrogens with zero attached hydrogens (tertiary/aromatic N) is 5. The number of likely N-dealkylation sites (N-methyl/N-ethyl adjacent to an activating group) is 1. The summed E-state index contributed by atoms with van der Waals surface area (Å²) in [5.74, 6) is 0. The molecule has 14 heavy (non-hydrogen) atoms. The van der Waals surface area contributed by atoms with Crippen LogP contribution in [0.15, 0.2) is 12.1 Å². The van der Waals surface area contributed by atoms with Gasteiger partial charge in [0.2, 0.25) is 0 Å². The van der Waals surface area contributed by atoms with Gasteiger partial charge in [0, 0.05) is 12.5 Å². The minimum absolute atomic E-state index is 0.399. The largest absolute Gasteiger partial charge is 0.317 e. The molecule has 2 aromatic rings. The molecule has 0 spiro atoms. The average molecular weight is 192 g/mol. The van der Waals surface area contributed by atoms with Gasteiger partial charge < -0.3 is 5.32 Å². The Labute approximate surface area is 81.3 Å². The van der Waals surface area contributed by atoms with Crippen LogP contribution in [0.5, 0.6) is 0 Å². The van der Waals surface area contributed by atoms with Crippen molar-refractivity contribution in [1.82, 2.24) is 30.6 Å². The second-order valence-corrected chi connectivity index (χ2v) is 3.25. The van der Waals surface area contributed by atoms with E-state index in [-0.39, 0.29) is 0 Å². The van der Waals surface area contributed by atoms with Crippen LogP contribution in [0.25, 0.3) is 5.65 Å². The van der Waals surface area contributed by atoms with E-state index in [4.69, 9.17) is 0 Å². The molecular formula is C8H12N6. The summed E-state index contributed by atoms with van der Waals surface area (Å²) in [5.41, 5.74) is 1.65. The zero-order chi connectivity index (χ0) is 9.97. The summed E-state index contributed by atoms with van der Waals surface area (Å²) in [5, 5.41) is 18.5. The van der Waals surface area contributed by atoms with E-state index in [2.05, 4.69) is 32.9 Å². The van der Waals surface area contributed by atoms with Gasteiger partial charge in [0.15, 0.2) is 5.65 Å². The molecule has 0 aliphatic carbocycles. The molecule has 0 aliphatic rings. The summed E-state index contributed by atoms with van der Waals surface area (Å²) in [6, 6.07) is 4.21. The summed E-state index contributed by atoms with van der Waals surface area (Å²) in [7, 11) is 1.93. The van der Waals surface area contributed by atoms with Gasteiger partial charge in [0.1, 0.15) is 0 Å². The maximum Gasteiger partial charge on any atom is 0.199 e. The molecule has 2 rings (SSSR count). The van der Waals surface area contributed by atoms with Gasteiger partial charge in [-0.2, -0.15) is 5.10 Å². The minimum Gasteiger partial charge on any atom is -0.317 e. The summed E-state index contributed by atoms with van der Waals surface area (Å²) in [4.78, 5) is 0. The number of nitrogens with one attached hydrogen (secondary N) is 1. The van der Waals surface area contributed by atoms with Crippen LogP contribution in [-0.4, -0.2) is 38.3 Å². The molecule has 0 bridgehead atoms. The first kappa shape index (κ1) is 9.01. The highest BCUT2D eigenvalue weighted by Crippen LogP contribution is 2.00. The Morgan fingerprint density at radius 1 is 1.50 bits per heavy atom. The van der Waals surface area contributed by atoms with Crippen molar-refractivity contribution in [1.29, 1.82) is 0 Å². The summed E-state index contributed by atoms with van der Waals surface area (Å²) < 4.78 is 1.44.